The third kappa shape index (κ3) is 6.61. The van der Waals surface area contributed by atoms with E-state index in [-0.39, 0.29) is 30.1 Å². The summed E-state index contributed by atoms with van der Waals surface area (Å²) in [5.74, 6) is 1.01. The molecule has 1 atom stereocenters. The van der Waals surface area contributed by atoms with Gasteiger partial charge in [0.25, 0.3) is 0 Å². The fraction of sp³-hybridized carbons (Fsp3) is 0.667. The third-order valence-corrected chi connectivity index (χ3v) is 5.50. The van der Waals surface area contributed by atoms with Crippen LogP contribution in [0, 0.1) is 6.92 Å². The zero-order valence-corrected chi connectivity index (χ0v) is 19.2. The molecule has 5 nitrogen and oxygen atoms in total. The molecule has 1 aromatic rings. The first kappa shape index (κ1) is 22.4. The minimum Gasteiger partial charge on any atom is -0.370 e. The number of nitrogens with one attached hydrogen (secondary N) is 1. The van der Waals surface area contributed by atoms with Crippen LogP contribution in [0.4, 0.5) is 0 Å². The predicted molar refractivity (Wildman–Crippen MR) is 123 cm³/mol. The van der Waals surface area contributed by atoms with Crippen molar-refractivity contribution in [3.8, 4) is 0 Å². The highest BCUT2D eigenvalue weighted by Gasteiger charge is 2.24. The van der Waals surface area contributed by atoms with Gasteiger partial charge in [-0.15, -0.1) is 24.0 Å². The van der Waals surface area contributed by atoms with Crippen LogP contribution >= 0.6 is 24.0 Å². The highest BCUT2D eigenvalue weighted by Crippen LogP contribution is 2.24. The number of aliphatic imine (C=N–C) groups is 1. The summed E-state index contributed by atoms with van der Waals surface area (Å²) in [4.78, 5) is 9.42. The molecule has 0 aromatic heterocycles. The number of benzene rings is 1. The Labute approximate surface area is 181 Å². The minimum absolute atomic E-state index is 0. The maximum atomic E-state index is 6.04. The average molecular weight is 486 g/mol. The zero-order chi connectivity index (χ0) is 18.2. The quantitative estimate of drug-likeness (QED) is 0.290. The van der Waals surface area contributed by atoms with Crippen molar-refractivity contribution in [1.29, 1.82) is 0 Å². The number of halogens is 1. The first-order chi connectivity index (χ1) is 12.8. The molecule has 0 aliphatic carbocycles. The number of rotatable bonds is 6. The molecule has 2 saturated heterocycles. The second kappa shape index (κ2) is 11.9. The SMILES string of the molecule is CN=C(NCCCCN1CCCC1)N1CCOC(c2ccccc2C)C1.I. The normalized spacial score (nSPS) is 21.2. The van der Waals surface area contributed by atoms with E-state index in [2.05, 4.69) is 51.3 Å². The lowest BCUT2D eigenvalue weighted by Crippen LogP contribution is -2.48. The van der Waals surface area contributed by atoms with Crippen LogP contribution in [0.3, 0.4) is 0 Å². The first-order valence-electron chi connectivity index (χ1n) is 10.1. The van der Waals surface area contributed by atoms with Gasteiger partial charge in [0.2, 0.25) is 0 Å². The molecule has 1 N–H and O–H groups in total. The molecule has 0 saturated carbocycles. The molecular formula is C21H35IN4O. The van der Waals surface area contributed by atoms with E-state index >= 15 is 0 Å². The second-order valence-corrected chi connectivity index (χ2v) is 7.39. The van der Waals surface area contributed by atoms with E-state index in [1.165, 1.54) is 56.4 Å². The van der Waals surface area contributed by atoms with Gasteiger partial charge in [0, 0.05) is 20.1 Å². The summed E-state index contributed by atoms with van der Waals surface area (Å²) in [6.07, 6.45) is 5.34. The Morgan fingerprint density at radius 1 is 1.19 bits per heavy atom. The summed E-state index contributed by atoms with van der Waals surface area (Å²) < 4.78 is 6.04. The van der Waals surface area contributed by atoms with Crippen molar-refractivity contribution in [3.05, 3.63) is 35.4 Å². The Hall–Kier alpha value is -0.860. The molecule has 2 fully saturated rings. The largest absolute Gasteiger partial charge is 0.370 e. The van der Waals surface area contributed by atoms with E-state index in [1.54, 1.807) is 0 Å². The maximum absolute atomic E-state index is 6.04. The van der Waals surface area contributed by atoms with Crippen LogP contribution in [0.15, 0.2) is 29.3 Å². The lowest BCUT2D eigenvalue weighted by atomic mass is 10.0. The van der Waals surface area contributed by atoms with E-state index in [9.17, 15) is 0 Å². The van der Waals surface area contributed by atoms with Crippen LogP contribution in [0.1, 0.15) is 42.9 Å². The number of morpholine rings is 1. The minimum atomic E-state index is 0. The molecule has 0 spiro atoms. The highest BCUT2D eigenvalue weighted by atomic mass is 127. The van der Waals surface area contributed by atoms with Gasteiger partial charge in [-0.1, -0.05) is 24.3 Å². The standard InChI is InChI=1S/C21H34N4O.HI/c1-18-9-3-4-10-19(18)20-17-25(15-16-26-20)21(22-2)23-11-5-6-12-24-13-7-8-14-24;/h3-4,9-10,20H,5-8,11-17H2,1-2H3,(H,22,23);1H. The monoisotopic (exact) mass is 486 g/mol. The number of ether oxygens (including phenoxy) is 1. The van der Waals surface area contributed by atoms with Gasteiger partial charge < -0.3 is 19.9 Å². The van der Waals surface area contributed by atoms with E-state index < -0.39 is 0 Å². The fourth-order valence-electron chi connectivity index (χ4n) is 3.98. The lowest BCUT2D eigenvalue weighted by Gasteiger charge is -2.35. The molecule has 27 heavy (non-hydrogen) atoms. The molecule has 152 valence electrons. The maximum Gasteiger partial charge on any atom is 0.193 e. The van der Waals surface area contributed by atoms with Crippen LogP contribution in [0.5, 0.6) is 0 Å². The van der Waals surface area contributed by atoms with Gasteiger partial charge in [0.1, 0.15) is 6.10 Å². The van der Waals surface area contributed by atoms with Crippen molar-refractivity contribution in [2.45, 2.75) is 38.7 Å². The number of likely N-dealkylation sites (tertiary alicyclic amines) is 1. The molecule has 0 bridgehead atoms. The third-order valence-electron chi connectivity index (χ3n) is 5.50. The number of hydrogen-bond donors (Lipinski definition) is 1. The average Bonchev–Trinajstić information content (AvgIpc) is 3.19. The van der Waals surface area contributed by atoms with Gasteiger partial charge in [-0.05, 0) is 63.4 Å². The van der Waals surface area contributed by atoms with E-state index in [1.807, 2.05) is 7.05 Å². The molecule has 3 rings (SSSR count). The van der Waals surface area contributed by atoms with Gasteiger partial charge in [-0.25, -0.2) is 0 Å². The summed E-state index contributed by atoms with van der Waals surface area (Å²) in [6, 6.07) is 8.52. The molecule has 2 aliphatic heterocycles. The molecule has 2 aliphatic rings. The summed E-state index contributed by atoms with van der Waals surface area (Å²) in [7, 11) is 1.88. The summed E-state index contributed by atoms with van der Waals surface area (Å²) in [5, 5.41) is 3.55. The molecule has 0 radical (unpaired) electrons. The van der Waals surface area contributed by atoms with Gasteiger partial charge >= 0.3 is 0 Å². The van der Waals surface area contributed by atoms with Crippen LogP contribution in [-0.4, -0.2) is 68.7 Å². The van der Waals surface area contributed by atoms with Crippen molar-refractivity contribution in [2.24, 2.45) is 4.99 Å². The van der Waals surface area contributed by atoms with Crippen molar-refractivity contribution in [3.63, 3.8) is 0 Å². The molecular weight excluding hydrogens is 451 g/mol. The molecule has 1 unspecified atom stereocenters. The van der Waals surface area contributed by atoms with E-state index in [0.29, 0.717) is 0 Å². The molecule has 6 heteroatoms. The molecule has 2 heterocycles. The van der Waals surface area contributed by atoms with Crippen molar-refractivity contribution in [2.75, 3.05) is 52.9 Å². The van der Waals surface area contributed by atoms with E-state index in [0.717, 1.165) is 32.2 Å². The molecule has 1 aromatic carbocycles. The number of aryl methyl sites for hydroxylation is 1. The number of unbranched alkanes of at least 4 members (excludes halogenated alkanes) is 1. The number of nitrogens with zero attached hydrogens (tertiary/aromatic N) is 3. The van der Waals surface area contributed by atoms with Crippen molar-refractivity contribution in [1.82, 2.24) is 15.1 Å². The van der Waals surface area contributed by atoms with Crippen molar-refractivity contribution < 1.29 is 4.74 Å². The predicted octanol–water partition coefficient (Wildman–Crippen LogP) is 3.44. The van der Waals surface area contributed by atoms with Gasteiger partial charge in [0.05, 0.1) is 13.2 Å². The Balaban J connectivity index is 0.00000261. The van der Waals surface area contributed by atoms with Crippen molar-refractivity contribution >= 4 is 29.9 Å². The smallest absolute Gasteiger partial charge is 0.193 e. The Bertz CT molecular complexity index is 589. The fourth-order valence-corrected chi connectivity index (χ4v) is 3.98. The zero-order valence-electron chi connectivity index (χ0n) is 16.8. The Morgan fingerprint density at radius 2 is 1.96 bits per heavy atom. The topological polar surface area (TPSA) is 40.1 Å². The van der Waals surface area contributed by atoms with Crippen LogP contribution in [-0.2, 0) is 4.74 Å². The molecule has 0 amide bonds. The number of hydrogen-bond acceptors (Lipinski definition) is 3. The van der Waals surface area contributed by atoms with E-state index in [4.69, 9.17) is 4.74 Å². The Morgan fingerprint density at radius 3 is 2.70 bits per heavy atom. The van der Waals surface area contributed by atoms with Gasteiger partial charge in [0.15, 0.2) is 5.96 Å². The second-order valence-electron chi connectivity index (χ2n) is 7.39. The first-order valence-corrected chi connectivity index (χ1v) is 10.1. The Kier molecular flexibility index (Phi) is 9.86. The highest BCUT2D eigenvalue weighted by molar-refractivity contribution is 14.0. The van der Waals surface area contributed by atoms with Crippen LogP contribution in [0.25, 0.3) is 0 Å². The summed E-state index contributed by atoms with van der Waals surface area (Å²) >= 11 is 0. The van der Waals surface area contributed by atoms with Gasteiger partial charge in [-0.3, -0.25) is 4.99 Å². The number of guanidine groups is 1. The van der Waals surface area contributed by atoms with Crippen LogP contribution < -0.4 is 5.32 Å². The van der Waals surface area contributed by atoms with Gasteiger partial charge in [-0.2, -0.15) is 0 Å². The summed E-state index contributed by atoms with van der Waals surface area (Å²) in [5.41, 5.74) is 2.59. The van der Waals surface area contributed by atoms with Crippen LogP contribution in [0.2, 0.25) is 0 Å². The summed E-state index contributed by atoms with van der Waals surface area (Å²) in [6.45, 7) is 9.49. The lowest BCUT2D eigenvalue weighted by molar-refractivity contribution is -0.00830.